The first kappa shape index (κ1) is 9.20. The minimum absolute atomic E-state index is 0.0200. The molecule has 0 amide bonds. The Kier molecular flexibility index (Phi) is 2.82. The molecule has 1 rings (SSSR count). The van der Waals surface area contributed by atoms with Crippen molar-refractivity contribution in [2.24, 2.45) is 0 Å². The molecule has 0 saturated carbocycles. The van der Waals surface area contributed by atoms with Crippen molar-refractivity contribution < 1.29 is 9.50 Å². The highest BCUT2D eigenvalue weighted by atomic mass is 19.1. The Morgan fingerprint density at radius 2 is 2.08 bits per heavy atom. The fourth-order valence-electron chi connectivity index (χ4n) is 1.25. The summed E-state index contributed by atoms with van der Waals surface area (Å²) in [6, 6.07) is 4.48. The molecule has 1 nitrogen and oxygen atoms in total. The van der Waals surface area contributed by atoms with Crippen molar-refractivity contribution in [1.29, 1.82) is 0 Å². The van der Waals surface area contributed by atoms with Crippen molar-refractivity contribution >= 4 is 0 Å². The average molecular weight is 168 g/mol. The molecular weight excluding hydrogens is 155 g/mol. The average Bonchev–Trinajstić information content (AvgIpc) is 2.04. The van der Waals surface area contributed by atoms with Gasteiger partial charge in [-0.25, -0.2) is 4.39 Å². The van der Waals surface area contributed by atoms with E-state index in [-0.39, 0.29) is 18.3 Å². The van der Waals surface area contributed by atoms with Crippen molar-refractivity contribution in [3.05, 3.63) is 35.1 Å². The third-order valence-corrected chi connectivity index (χ3v) is 1.90. The highest BCUT2D eigenvalue weighted by molar-refractivity contribution is 5.29. The fraction of sp³-hybridized carbons (Fsp3) is 0.400. The lowest BCUT2D eigenvalue weighted by Gasteiger charge is -2.10. The molecule has 2 heteroatoms. The summed E-state index contributed by atoms with van der Waals surface area (Å²) in [5.41, 5.74) is 1.70. The highest BCUT2D eigenvalue weighted by Crippen LogP contribution is 2.20. The molecule has 0 saturated heterocycles. The van der Waals surface area contributed by atoms with E-state index in [4.69, 9.17) is 5.11 Å². The quantitative estimate of drug-likeness (QED) is 0.719. The maximum absolute atomic E-state index is 12.8. The van der Waals surface area contributed by atoms with Crippen molar-refractivity contribution in [3.63, 3.8) is 0 Å². The van der Waals surface area contributed by atoms with Crippen molar-refractivity contribution in [1.82, 2.24) is 0 Å². The van der Waals surface area contributed by atoms with Crippen LogP contribution in [0.1, 0.15) is 30.9 Å². The van der Waals surface area contributed by atoms with Crippen LogP contribution in [0.4, 0.5) is 4.39 Å². The van der Waals surface area contributed by atoms with Gasteiger partial charge in [-0.1, -0.05) is 19.9 Å². The Bertz CT molecular complexity index is 269. The van der Waals surface area contributed by atoms with E-state index in [1.54, 1.807) is 6.07 Å². The molecule has 0 radical (unpaired) electrons. The fourth-order valence-corrected chi connectivity index (χ4v) is 1.25. The second-order valence-corrected chi connectivity index (χ2v) is 3.16. The molecule has 0 bridgehead atoms. The summed E-state index contributed by atoms with van der Waals surface area (Å²) in [7, 11) is 0. The summed E-state index contributed by atoms with van der Waals surface area (Å²) in [4.78, 5) is 0. The van der Waals surface area contributed by atoms with Crippen molar-refractivity contribution in [3.8, 4) is 0 Å². The van der Waals surface area contributed by atoms with E-state index in [1.165, 1.54) is 12.1 Å². The van der Waals surface area contributed by atoms with Gasteiger partial charge in [0.2, 0.25) is 0 Å². The molecule has 0 unspecified atom stereocenters. The third kappa shape index (κ3) is 1.83. The number of aliphatic hydroxyl groups is 1. The standard InChI is InChI=1S/C10H13FO/c1-7(2)10-5-9(11)4-3-8(10)6-12/h3-5,7,12H,6H2,1-2H3. The summed E-state index contributed by atoms with van der Waals surface area (Å²) >= 11 is 0. The van der Waals surface area contributed by atoms with Gasteiger partial charge in [0, 0.05) is 0 Å². The topological polar surface area (TPSA) is 20.2 Å². The van der Waals surface area contributed by atoms with Crippen LogP contribution in [-0.2, 0) is 6.61 Å². The normalized spacial score (nSPS) is 10.8. The van der Waals surface area contributed by atoms with E-state index in [0.717, 1.165) is 11.1 Å². The predicted molar refractivity (Wildman–Crippen MR) is 46.4 cm³/mol. The number of hydrogen-bond donors (Lipinski definition) is 1. The summed E-state index contributed by atoms with van der Waals surface area (Å²) in [6.07, 6.45) is 0. The molecule has 1 N–H and O–H groups in total. The van der Waals surface area contributed by atoms with Gasteiger partial charge in [0.25, 0.3) is 0 Å². The smallest absolute Gasteiger partial charge is 0.123 e. The molecule has 66 valence electrons. The maximum Gasteiger partial charge on any atom is 0.123 e. The van der Waals surface area contributed by atoms with E-state index < -0.39 is 0 Å². The van der Waals surface area contributed by atoms with Gasteiger partial charge in [-0.2, -0.15) is 0 Å². The minimum Gasteiger partial charge on any atom is -0.392 e. The number of benzene rings is 1. The number of hydrogen-bond acceptors (Lipinski definition) is 1. The molecule has 12 heavy (non-hydrogen) atoms. The van der Waals surface area contributed by atoms with E-state index in [2.05, 4.69) is 0 Å². The van der Waals surface area contributed by atoms with Crippen molar-refractivity contribution in [2.75, 3.05) is 0 Å². The molecule has 0 atom stereocenters. The minimum atomic E-state index is -0.240. The maximum atomic E-state index is 12.8. The van der Waals surface area contributed by atoms with E-state index in [1.807, 2.05) is 13.8 Å². The largest absolute Gasteiger partial charge is 0.392 e. The van der Waals surface area contributed by atoms with E-state index >= 15 is 0 Å². The number of halogens is 1. The molecule has 0 aliphatic carbocycles. The Labute approximate surface area is 71.9 Å². The molecule has 0 aliphatic heterocycles. The number of aliphatic hydroxyl groups excluding tert-OH is 1. The molecule has 0 fully saturated rings. The van der Waals surface area contributed by atoms with Gasteiger partial charge in [-0.05, 0) is 29.2 Å². The Morgan fingerprint density at radius 1 is 1.42 bits per heavy atom. The Morgan fingerprint density at radius 3 is 2.58 bits per heavy atom. The zero-order valence-corrected chi connectivity index (χ0v) is 7.34. The first-order valence-electron chi connectivity index (χ1n) is 4.04. The Balaban J connectivity index is 3.12. The zero-order chi connectivity index (χ0) is 9.14. The van der Waals surface area contributed by atoms with Gasteiger partial charge in [-0.3, -0.25) is 0 Å². The van der Waals surface area contributed by atoms with Crippen LogP contribution >= 0.6 is 0 Å². The lowest BCUT2D eigenvalue weighted by atomic mass is 9.97. The summed E-state index contributed by atoms with van der Waals surface area (Å²) in [5, 5.41) is 8.94. The molecule has 1 aromatic rings. The van der Waals surface area contributed by atoms with Crippen LogP contribution in [0, 0.1) is 5.82 Å². The van der Waals surface area contributed by atoms with Gasteiger partial charge in [0.15, 0.2) is 0 Å². The molecule has 1 aromatic carbocycles. The van der Waals surface area contributed by atoms with Crippen LogP contribution in [0.25, 0.3) is 0 Å². The first-order valence-corrected chi connectivity index (χ1v) is 4.04. The SMILES string of the molecule is CC(C)c1cc(F)ccc1CO. The van der Waals surface area contributed by atoms with Gasteiger partial charge >= 0.3 is 0 Å². The highest BCUT2D eigenvalue weighted by Gasteiger charge is 2.06. The summed E-state index contributed by atoms with van der Waals surface area (Å²) < 4.78 is 12.8. The van der Waals surface area contributed by atoms with Crippen LogP contribution in [-0.4, -0.2) is 5.11 Å². The van der Waals surface area contributed by atoms with Gasteiger partial charge in [-0.15, -0.1) is 0 Å². The van der Waals surface area contributed by atoms with Gasteiger partial charge < -0.3 is 5.11 Å². The van der Waals surface area contributed by atoms with Gasteiger partial charge in [0.05, 0.1) is 6.61 Å². The molecule has 0 heterocycles. The second-order valence-electron chi connectivity index (χ2n) is 3.16. The molecule has 0 aliphatic rings. The first-order chi connectivity index (χ1) is 5.65. The lowest BCUT2D eigenvalue weighted by molar-refractivity contribution is 0.280. The monoisotopic (exact) mass is 168 g/mol. The zero-order valence-electron chi connectivity index (χ0n) is 7.34. The summed E-state index contributed by atoms with van der Waals surface area (Å²) in [6.45, 7) is 3.94. The number of rotatable bonds is 2. The van der Waals surface area contributed by atoms with Crippen LogP contribution in [0.2, 0.25) is 0 Å². The van der Waals surface area contributed by atoms with Gasteiger partial charge in [0.1, 0.15) is 5.82 Å². The molecule has 0 spiro atoms. The van der Waals surface area contributed by atoms with Crippen LogP contribution in [0.3, 0.4) is 0 Å². The summed E-state index contributed by atoms with van der Waals surface area (Å²) in [5.74, 6) is 0.0127. The van der Waals surface area contributed by atoms with E-state index in [0.29, 0.717) is 0 Å². The van der Waals surface area contributed by atoms with Crippen LogP contribution < -0.4 is 0 Å². The predicted octanol–water partition coefficient (Wildman–Crippen LogP) is 2.44. The lowest BCUT2D eigenvalue weighted by Crippen LogP contribution is -1.96. The molecular formula is C10H13FO. The van der Waals surface area contributed by atoms with E-state index in [9.17, 15) is 4.39 Å². The third-order valence-electron chi connectivity index (χ3n) is 1.90. The molecule has 0 aromatic heterocycles. The van der Waals surface area contributed by atoms with Crippen LogP contribution in [0.15, 0.2) is 18.2 Å². The van der Waals surface area contributed by atoms with Crippen molar-refractivity contribution in [2.45, 2.75) is 26.4 Å². The van der Waals surface area contributed by atoms with Crippen LogP contribution in [0.5, 0.6) is 0 Å². The second kappa shape index (κ2) is 3.68. The Hall–Kier alpha value is -0.890.